The van der Waals surface area contributed by atoms with Crippen LogP contribution in [0.4, 0.5) is 5.82 Å². The molecule has 0 aliphatic carbocycles. The third-order valence-electron chi connectivity index (χ3n) is 3.17. The zero-order chi connectivity index (χ0) is 15.2. The number of hydrogen-bond donors (Lipinski definition) is 2. The average Bonchev–Trinajstić information content (AvgIpc) is 2.89. The molecule has 2 N–H and O–H groups in total. The molecule has 2 rings (SSSR count). The number of nitrogens with one attached hydrogen (secondary N) is 2. The third kappa shape index (κ3) is 5.12. The minimum absolute atomic E-state index is 0. The van der Waals surface area contributed by atoms with Gasteiger partial charge >= 0.3 is 0 Å². The molecule has 0 bridgehead atoms. The molecule has 1 aromatic heterocycles. The van der Waals surface area contributed by atoms with Gasteiger partial charge in [-0.25, -0.2) is 4.68 Å². The molecule has 0 radical (unpaired) electrons. The van der Waals surface area contributed by atoms with Crippen LogP contribution in [0.25, 0.3) is 0 Å². The van der Waals surface area contributed by atoms with Crippen LogP contribution in [-0.4, -0.2) is 29.3 Å². The van der Waals surface area contributed by atoms with Gasteiger partial charge in [0.2, 0.25) is 5.91 Å². The largest absolute Gasteiger partial charge is 0.319 e. The topological polar surface area (TPSA) is 59.0 Å². The molecule has 7 heteroatoms. The predicted octanol–water partition coefficient (Wildman–Crippen LogP) is 2.91. The summed E-state index contributed by atoms with van der Waals surface area (Å²) in [5, 5.41) is 10.2. The van der Waals surface area contributed by atoms with Crippen LogP contribution in [0, 0.1) is 5.92 Å². The van der Waals surface area contributed by atoms with Crippen molar-refractivity contribution in [2.75, 3.05) is 18.9 Å². The standard InChI is InChI=1S/C15H19BrN4O.ClH/c1-11(9-17-2)15(21)19-14-7-8-18-20(14)10-12-3-5-13(16)6-4-12;/h3-8,11,17H,9-10H2,1-2H3,(H,19,21);1H. The van der Waals surface area contributed by atoms with E-state index in [1.54, 1.807) is 10.9 Å². The summed E-state index contributed by atoms with van der Waals surface area (Å²) < 4.78 is 2.83. The molecule has 120 valence electrons. The second kappa shape index (κ2) is 8.92. The maximum atomic E-state index is 12.1. The number of nitrogens with zero attached hydrogens (tertiary/aromatic N) is 2. The molecule has 1 heterocycles. The van der Waals surface area contributed by atoms with Gasteiger partial charge < -0.3 is 10.6 Å². The molecule has 0 saturated heterocycles. The second-order valence-corrected chi connectivity index (χ2v) is 5.86. The monoisotopic (exact) mass is 386 g/mol. The summed E-state index contributed by atoms with van der Waals surface area (Å²) >= 11 is 3.42. The lowest BCUT2D eigenvalue weighted by atomic mass is 10.1. The second-order valence-electron chi connectivity index (χ2n) is 4.95. The fourth-order valence-electron chi connectivity index (χ4n) is 1.98. The van der Waals surface area contributed by atoms with Crippen LogP contribution in [0.15, 0.2) is 41.0 Å². The van der Waals surface area contributed by atoms with E-state index in [0.29, 0.717) is 18.9 Å². The van der Waals surface area contributed by atoms with E-state index in [2.05, 4.69) is 31.7 Å². The molecule has 22 heavy (non-hydrogen) atoms. The SMILES string of the molecule is CNCC(C)C(=O)Nc1ccnn1Cc1ccc(Br)cc1.Cl. The molecule has 0 aliphatic rings. The number of carbonyl (C=O) groups is 1. The van der Waals surface area contributed by atoms with Crippen molar-refractivity contribution in [2.45, 2.75) is 13.5 Å². The van der Waals surface area contributed by atoms with Crippen molar-refractivity contribution < 1.29 is 4.79 Å². The van der Waals surface area contributed by atoms with Gasteiger partial charge in [-0.15, -0.1) is 12.4 Å². The zero-order valence-electron chi connectivity index (χ0n) is 12.5. The van der Waals surface area contributed by atoms with E-state index in [-0.39, 0.29) is 24.2 Å². The van der Waals surface area contributed by atoms with Crippen molar-refractivity contribution in [1.82, 2.24) is 15.1 Å². The number of benzene rings is 1. The lowest BCUT2D eigenvalue weighted by Gasteiger charge is -2.13. The van der Waals surface area contributed by atoms with Crippen LogP contribution in [0.3, 0.4) is 0 Å². The Bertz CT molecular complexity index is 600. The number of rotatable bonds is 6. The highest BCUT2D eigenvalue weighted by molar-refractivity contribution is 9.10. The molecule has 1 atom stereocenters. The summed E-state index contributed by atoms with van der Waals surface area (Å²) in [6, 6.07) is 9.85. The Labute approximate surface area is 145 Å². The van der Waals surface area contributed by atoms with E-state index in [9.17, 15) is 4.79 Å². The molecule has 2 aromatic rings. The van der Waals surface area contributed by atoms with Crippen LogP contribution in [-0.2, 0) is 11.3 Å². The molecular weight excluding hydrogens is 368 g/mol. The molecule has 1 aromatic carbocycles. The number of amides is 1. The van der Waals surface area contributed by atoms with Crippen LogP contribution in [0.1, 0.15) is 12.5 Å². The number of halogens is 2. The third-order valence-corrected chi connectivity index (χ3v) is 3.70. The lowest BCUT2D eigenvalue weighted by molar-refractivity contribution is -0.119. The van der Waals surface area contributed by atoms with Crippen molar-refractivity contribution in [3.63, 3.8) is 0 Å². The average molecular weight is 388 g/mol. The van der Waals surface area contributed by atoms with Gasteiger partial charge in [0.25, 0.3) is 0 Å². The highest BCUT2D eigenvalue weighted by atomic mass is 79.9. The van der Waals surface area contributed by atoms with E-state index < -0.39 is 0 Å². The van der Waals surface area contributed by atoms with Gasteiger partial charge in [0.1, 0.15) is 5.82 Å². The highest BCUT2D eigenvalue weighted by Crippen LogP contribution is 2.14. The first kappa shape index (κ1) is 18.7. The Morgan fingerprint density at radius 1 is 1.32 bits per heavy atom. The fraction of sp³-hybridized carbons (Fsp3) is 0.333. The van der Waals surface area contributed by atoms with E-state index in [1.165, 1.54) is 0 Å². The quantitative estimate of drug-likeness (QED) is 0.801. The van der Waals surface area contributed by atoms with Gasteiger partial charge in [0.15, 0.2) is 0 Å². The Hall–Kier alpha value is -1.37. The Balaban J connectivity index is 0.00000242. The van der Waals surface area contributed by atoms with Crippen molar-refractivity contribution in [3.05, 3.63) is 46.6 Å². The maximum absolute atomic E-state index is 12.1. The van der Waals surface area contributed by atoms with Gasteiger partial charge in [-0.05, 0) is 24.7 Å². The Morgan fingerprint density at radius 3 is 2.64 bits per heavy atom. The van der Waals surface area contributed by atoms with Crippen molar-refractivity contribution >= 4 is 40.1 Å². The van der Waals surface area contributed by atoms with Crippen LogP contribution < -0.4 is 10.6 Å². The maximum Gasteiger partial charge on any atom is 0.229 e. The van der Waals surface area contributed by atoms with E-state index in [0.717, 1.165) is 10.0 Å². The van der Waals surface area contributed by atoms with Gasteiger partial charge in [-0.2, -0.15) is 5.10 Å². The van der Waals surface area contributed by atoms with Gasteiger partial charge in [0.05, 0.1) is 12.7 Å². The number of carbonyl (C=O) groups excluding carboxylic acids is 1. The number of hydrogen-bond acceptors (Lipinski definition) is 3. The zero-order valence-corrected chi connectivity index (χ0v) is 14.9. The summed E-state index contributed by atoms with van der Waals surface area (Å²) in [7, 11) is 1.83. The van der Waals surface area contributed by atoms with Gasteiger partial charge in [-0.1, -0.05) is 35.0 Å². The van der Waals surface area contributed by atoms with Crippen molar-refractivity contribution in [1.29, 1.82) is 0 Å². The molecule has 1 amide bonds. The summed E-state index contributed by atoms with van der Waals surface area (Å²) in [4.78, 5) is 12.1. The molecule has 0 spiro atoms. The Morgan fingerprint density at radius 2 is 2.00 bits per heavy atom. The smallest absolute Gasteiger partial charge is 0.229 e. The first-order valence-electron chi connectivity index (χ1n) is 6.82. The molecule has 0 aliphatic heterocycles. The van der Waals surface area contributed by atoms with Crippen LogP contribution in [0.2, 0.25) is 0 Å². The molecule has 0 fully saturated rings. The Kier molecular flexibility index (Phi) is 7.58. The summed E-state index contributed by atoms with van der Waals surface area (Å²) in [5.74, 6) is 0.610. The summed E-state index contributed by atoms with van der Waals surface area (Å²) in [5.41, 5.74) is 1.13. The van der Waals surface area contributed by atoms with Crippen LogP contribution in [0.5, 0.6) is 0 Å². The van der Waals surface area contributed by atoms with Crippen molar-refractivity contribution in [2.24, 2.45) is 5.92 Å². The number of anilines is 1. The highest BCUT2D eigenvalue weighted by Gasteiger charge is 2.14. The predicted molar refractivity (Wildman–Crippen MR) is 94.4 cm³/mol. The summed E-state index contributed by atoms with van der Waals surface area (Å²) in [6.45, 7) is 3.16. The molecular formula is C15H20BrClN4O. The van der Waals surface area contributed by atoms with Gasteiger partial charge in [0, 0.05) is 23.0 Å². The molecule has 5 nitrogen and oxygen atoms in total. The molecule has 0 saturated carbocycles. The lowest BCUT2D eigenvalue weighted by Crippen LogP contribution is -2.29. The number of aromatic nitrogens is 2. The van der Waals surface area contributed by atoms with Crippen LogP contribution >= 0.6 is 28.3 Å². The first-order valence-corrected chi connectivity index (χ1v) is 7.61. The first-order chi connectivity index (χ1) is 10.1. The summed E-state index contributed by atoms with van der Waals surface area (Å²) in [6.07, 6.45) is 1.69. The normalized spacial score (nSPS) is 11.6. The van der Waals surface area contributed by atoms with E-state index in [1.807, 2.05) is 44.3 Å². The fourth-order valence-corrected chi connectivity index (χ4v) is 2.24. The minimum atomic E-state index is -0.0916. The van der Waals surface area contributed by atoms with E-state index in [4.69, 9.17) is 0 Å². The molecule has 1 unspecified atom stereocenters. The van der Waals surface area contributed by atoms with Crippen molar-refractivity contribution in [3.8, 4) is 0 Å². The minimum Gasteiger partial charge on any atom is -0.319 e. The van der Waals surface area contributed by atoms with Gasteiger partial charge in [-0.3, -0.25) is 4.79 Å². The van der Waals surface area contributed by atoms with E-state index >= 15 is 0 Å².